The summed E-state index contributed by atoms with van der Waals surface area (Å²) < 4.78 is 27.2. The van der Waals surface area contributed by atoms with E-state index in [4.69, 9.17) is 28.3 Å². The fourth-order valence-corrected chi connectivity index (χ4v) is 4.67. The Morgan fingerprint density at radius 1 is 1.07 bits per heavy atom. The van der Waals surface area contributed by atoms with Crippen molar-refractivity contribution in [1.29, 1.82) is 0 Å². The quantitative estimate of drug-likeness (QED) is 0.498. The highest BCUT2D eigenvalue weighted by Gasteiger charge is 2.30. The fraction of sp³-hybridized carbons (Fsp3) is 0.435. The summed E-state index contributed by atoms with van der Waals surface area (Å²) in [5.41, 5.74) is 1.92. The topological polar surface area (TPSA) is 40.5 Å². The molecule has 0 spiro atoms. The molecule has 1 heterocycles. The second-order valence-electron chi connectivity index (χ2n) is 7.79. The van der Waals surface area contributed by atoms with Crippen molar-refractivity contribution >= 4 is 34.8 Å². The maximum atomic E-state index is 14.0. The Hall–Kier alpha value is -1.69. The lowest BCUT2D eigenvalue weighted by molar-refractivity contribution is -0.120. The van der Waals surface area contributed by atoms with E-state index in [9.17, 15) is 13.6 Å². The summed E-state index contributed by atoms with van der Waals surface area (Å²) >= 11 is 13.0. The molecule has 1 atom stereocenters. The van der Waals surface area contributed by atoms with Crippen LogP contribution in [-0.2, 0) is 17.6 Å². The summed E-state index contributed by atoms with van der Waals surface area (Å²) in [6, 6.07) is 7.25. The number of unbranched alkanes of at least 4 members (excludes halogenated alkanes) is 2. The van der Waals surface area contributed by atoms with Gasteiger partial charge in [-0.2, -0.15) is 0 Å². The van der Waals surface area contributed by atoms with Gasteiger partial charge in [0.25, 0.3) is 0 Å². The van der Waals surface area contributed by atoms with Crippen LogP contribution in [0.3, 0.4) is 0 Å². The summed E-state index contributed by atoms with van der Waals surface area (Å²) in [4.78, 5) is 14.2. The Balaban J connectivity index is 1.74. The van der Waals surface area contributed by atoms with Gasteiger partial charge < -0.3 is 10.0 Å². The maximum Gasteiger partial charge on any atom is 0.227 e. The lowest BCUT2D eigenvalue weighted by Crippen LogP contribution is -2.41. The van der Waals surface area contributed by atoms with Crippen LogP contribution in [0.4, 0.5) is 14.5 Å². The number of aliphatic hydroxyl groups is 1. The van der Waals surface area contributed by atoms with Gasteiger partial charge in [-0.3, -0.25) is 4.79 Å². The molecule has 0 saturated carbocycles. The van der Waals surface area contributed by atoms with Gasteiger partial charge in [0.05, 0.1) is 15.7 Å². The minimum atomic E-state index is -0.605. The van der Waals surface area contributed by atoms with Crippen molar-refractivity contribution in [3.8, 4) is 0 Å². The molecule has 1 fully saturated rings. The van der Waals surface area contributed by atoms with E-state index in [-0.39, 0.29) is 18.4 Å². The van der Waals surface area contributed by atoms with Crippen molar-refractivity contribution in [3.05, 3.63) is 63.1 Å². The van der Waals surface area contributed by atoms with Crippen LogP contribution < -0.4 is 4.90 Å². The largest absolute Gasteiger partial charge is 0.396 e. The second kappa shape index (κ2) is 10.6. The van der Waals surface area contributed by atoms with E-state index in [1.54, 1.807) is 4.90 Å². The third kappa shape index (κ3) is 5.71. The first-order valence-corrected chi connectivity index (χ1v) is 11.0. The van der Waals surface area contributed by atoms with Crippen LogP contribution in [0.1, 0.15) is 43.2 Å². The number of aryl methyl sites for hydroxylation is 1. The number of hydrogen-bond donors (Lipinski definition) is 1. The van der Waals surface area contributed by atoms with Gasteiger partial charge in [-0.1, -0.05) is 35.7 Å². The van der Waals surface area contributed by atoms with Gasteiger partial charge in [0.15, 0.2) is 0 Å². The highest BCUT2D eigenvalue weighted by atomic mass is 35.5. The van der Waals surface area contributed by atoms with Crippen LogP contribution in [-0.4, -0.2) is 24.2 Å². The molecule has 1 N–H and O–H groups in total. The van der Waals surface area contributed by atoms with Crippen molar-refractivity contribution in [1.82, 2.24) is 0 Å². The van der Waals surface area contributed by atoms with Crippen LogP contribution in [0.25, 0.3) is 0 Å². The van der Waals surface area contributed by atoms with Crippen LogP contribution >= 0.6 is 23.2 Å². The van der Waals surface area contributed by atoms with Crippen molar-refractivity contribution in [2.45, 2.75) is 44.9 Å². The number of anilines is 1. The van der Waals surface area contributed by atoms with Crippen LogP contribution in [0.2, 0.25) is 10.0 Å². The molecule has 0 aromatic heterocycles. The van der Waals surface area contributed by atoms with Gasteiger partial charge in [-0.05, 0) is 67.3 Å². The average molecular weight is 456 g/mol. The fourth-order valence-electron chi connectivity index (χ4n) is 3.93. The molecule has 0 bridgehead atoms. The van der Waals surface area contributed by atoms with Crippen LogP contribution in [0, 0.1) is 17.6 Å². The monoisotopic (exact) mass is 455 g/mol. The summed E-state index contributed by atoms with van der Waals surface area (Å²) in [5, 5.41) is 9.72. The predicted molar refractivity (Wildman–Crippen MR) is 116 cm³/mol. The number of carbonyl (C=O) groups excluding carboxylic acids is 1. The number of hydrogen-bond acceptors (Lipinski definition) is 2. The minimum Gasteiger partial charge on any atom is -0.396 e. The highest BCUT2D eigenvalue weighted by molar-refractivity contribution is 6.40. The van der Waals surface area contributed by atoms with Crippen molar-refractivity contribution in [3.63, 3.8) is 0 Å². The highest BCUT2D eigenvalue weighted by Crippen LogP contribution is 2.38. The summed E-state index contributed by atoms with van der Waals surface area (Å²) in [5.74, 6) is -1.22. The van der Waals surface area contributed by atoms with E-state index in [1.165, 1.54) is 12.1 Å². The van der Waals surface area contributed by atoms with E-state index in [2.05, 4.69) is 0 Å². The number of benzene rings is 2. The minimum absolute atomic E-state index is 0.0213. The number of amides is 1. The molecule has 2 aromatic carbocycles. The summed E-state index contributed by atoms with van der Waals surface area (Å²) in [7, 11) is 0. The van der Waals surface area contributed by atoms with E-state index < -0.39 is 11.6 Å². The Kier molecular flexibility index (Phi) is 8.09. The molecule has 1 aliphatic heterocycles. The van der Waals surface area contributed by atoms with Crippen LogP contribution in [0.5, 0.6) is 0 Å². The summed E-state index contributed by atoms with van der Waals surface area (Å²) in [6.07, 6.45) is 4.75. The smallest absolute Gasteiger partial charge is 0.227 e. The number of carbonyl (C=O) groups is 1. The van der Waals surface area contributed by atoms with E-state index in [0.29, 0.717) is 47.1 Å². The first-order chi connectivity index (χ1) is 14.4. The van der Waals surface area contributed by atoms with Gasteiger partial charge >= 0.3 is 0 Å². The Bertz CT molecular complexity index is 884. The van der Waals surface area contributed by atoms with Gasteiger partial charge in [-0.15, -0.1) is 0 Å². The van der Waals surface area contributed by atoms with E-state index in [1.807, 2.05) is 12.1 Å². The standard InChI is InChI=1S/C23H25Cl2F2NO2/c24-19-11-15(4-2-1-3-9-29)12-20(25)23(19)28-14-16(5-8-22(28)30)10-17-6-7-18(26)13-21(17)27/h6-7,11-13,16,29H,1-5,8-10,14H2. The molecular weight excluding hydrogens is 431 g/mol. The average Bonchev–Trinajstić information content (AvgIpc) is 2.69. The second-order valence-corrected chi connectivity index (χ2v) is 8.61. The molecule has 7 heteroatoms. The van der Waals surface area contributed by atoms with Gasteiger partial charge in [0.1, 0.15) is 11.6 Å². The van der Waals surface area contributed by atoms with E-state index >= 15 is 0 Å². The third-order valence-electron chi connectivity index (χ3n) is 5.50. The first-order valence-electron chi connectivity index (χ1n) is 10.2. The zero-order valence-corrected chi connectivity index (χ0v) is 18.2. The molecule has 0 aliphatic carbocycles. The molecule has 3 nitrogen and oxygen atoms in total. The van der Waals surface area contributed by atoms with Crippen molar-refractivity contribution < 1.29 is 18.7 Å². The maximum absolute atomic E-state index is 14.0. The zero-order chi connectivity index (χ0) is 21.7. The van der Waals surface area contributed by atoms with Gasteiger partial charge in [0.2, 0.25) is 5.91 Å². The lowest BCUT2D eigenvalue weighted by Gasteiger charge is -2.34. The molecule has 1 unspecified atom stereocenters. The van der Waals surface area contributed by atoms with Gasteiger partial charge in [-0.25, -0.2) is 8.78 Å². The number of nitrogens with zero attached hydrogens (tertiary/aromatic N) is 1. The SMILES string of the molecule is O=C1CCC(Cc2ccc(F)cc2F)CN1c1c(Cl)cc(CCCCCO)cc1Cl. The molecule has 1 aliphatic rings. The van der Waals surface area contributed by atoms with Gasteiger partial charge in [0, 0.05) is 25.6 Å². The molecular formula is C23H25Cl2F2NO2. The summed E-state index contributed by atoms with van der Waals surface area (Å²) in [6.45, 7) is 0.561. The molecule has 2 aromatic rings. The number of rotatable bonds is 8. The normalized spacial score (nSPS) is 16.9. The zero-order valence-electron chi connectivity index (χ0n) is 16.6. The molecule has 0 radical (unpaired) electrons. The molecule has 3 rings (SSSR count). The molecule has 1 saturated heterocycles. The Labute approximate surface area is 185 Å². The number of halogens is 4. The van der Waals surface area contributed by atoms with Crippen LogP contribution in [0.15, 0.2) is 30.3 Å². The third-order valence-corrected chi connectivity index (χ3v) is 6.08. The van der Waals surface area contributed by atoms with E-state index in [0.717, 1.165) is 37.3 Å². The molecule has 30 heavy (non-hydrogen) atoms. The van der Waals surface area contributed by atoms with Crippen molar-refractivity contribution in [2.24, 2.45) is 5.92 Å². The Morgan fingerprint density at radius 2 is 1.80 bits per heavy atom. The van der Waals surface area contributed by atoms with Crippen molar-refractivity contribution in [2.75, 3.05) is 18.1 Å². The molecule has 162 valence electrons. The number of piperidine rings is 1. The number of aliphatic hydroxyl groups excluding tert-OH is 1. The Morgan fingerprint density at radius 3 is 2.47 bits per heavy atom. The predicted octanol–water partition coefficient (Wildman–Crippen LogP) is 5.96. The molecule has 1 amide bonds. The lowest BCUT2D eigenvalue weighted by atomic mass is 9.90. The first kappa shape index (κ1) is 23.0.